The molecule has 0 heterocycles. The first-order chi connectivity index (χ1) is 15.7. The monoisotopic (exact) mass is 470 g/mol. The summed E-state index contributed by atoms with van der Waals surface area (Å²) in [6, 6.07) is 16.2. The molecule has 3 rings (SSSR count). The number of nitrogens with zero attached hydrogens (tertiary/aromatic N) is 1. The summed E-state index contributed by atoms with van der Waals surface area (Å²) in [6.07, 6.45) is 0. The van der Waals surface area contributed by atoms with E-state index in [-0.39, 0.29) is 10.5 Å². The molecule has 9 heteroatoms. The summed E-state index contributed by atoms with van der Waals surface area (Å²) >= 11 is 0. The van der Waals surface area contributed by atoms with Gasteiger partial charge in [-0.15, -0.1) is 0 Å². The fraction of sp³-hybridized carbons (Fsp3) is 0.208. The van der Waals surface area contributed by atoms with E-state index in [9.17, 15) is 13.2 Å². The molecule has 1 N–H and O–H groups in total. The molecule has 33 heavy (non-hydrogen) atoms. The Morgan fingerprint density at radius 1 is 0.848 bits per heavy atom. The topological polar surface area (TPSA) is 94.2 Å². The van der Waals surface area contributed by atoms with Gasteiger partial charge < -0.3 is 19.5 Å². The Morgan fingerprint density at radius 3 is 2.18 bits per heavy atom. The number of benzene rings is 3. The van der Waals surface area contributed by atoms with Crippen molar-refractivity contribution in [2.24, 2.45) is 0 Å². The maximum Gasteiger partial charge on any atom is 0.264 e. The standard InChI is InChI=1S/C24H26N2O6S/c1-16-10-12-18(33(28,29)26(2)20-8-6-7-9-21(20)30-3)15-19(16)24(27)25-17-11-13-22(31-4)23(14-17)32-5/h6-15H,1-5H3,(H,25,27). The SMILES string of the molecule is COc1ccc(NC(=O)c2cc(S(=O)(=O)N(C)c3ccccc3OC)ccc2C)cc1OC. The molecule has 0 fully saturated rings. The molecule has 0 aliphatic rings. The van der Waals surface area contributed by atoms with Crippen molar-refractivity contribution in [3.8, 4) is 17.2 Å². The van der Waals surface area contributed by atoms with Gasteiger partial charge in [-0.05, 0) is 48.9 Å². The average Bonchev–Trinajstić information content (AvgIpc) is 2.83. The lowest BCUT2D eigenvalue weighted by atomic mass is 10.1. The lowest BCUT2D eigenvalue weighted by molar-refractivity contribution is 0.102. The molecule has 1 amide bonds. The van der Waals surface area contributed by atoms with E-state index in [2.05, 4.69) is 5.32 Å². The van der Waals surface area contributed by atoms with E-state index in [4.69, 9.17) is 14.2 Å². The maximum absolute atomic E-state index is 13.3. The predicted molar refractivity (Wildman–Crippen MR) is 127 cm³/mol. The summed E-state index contributed by atoms with van der Waals surface area (Å²) in [7, 11) is 1.98. The molecule has 0 radical (unpaired) electrons. The smallest absolute Gasteiger partial charge is 0.264 e. The average molecular weight is 471 g/mol. The van der Waals surface area contributed by atoms with E-state index < -0.39 is 15.9 Å². The number of amides is 1. The molecule has 0 bridgehead atoms. The summed E-state index contributed by atoms with van der Waals surface area (Å²) in [5.41, 5.74) is 1.74. The van der Waals surface area contributed by atoms with Crippen molar-refractivity contribution >= 4 is 27.3 Å². The Balaban J connectivity index is 1.94. The third-order valence-corrected chi connectivity index (χ3v) is 6.95. The van der Waals surface area contributed by atoms with Crippen LogP contribution in [0.5, 0.6) is 17.2 Å². The van der Waals surface area contributed by atoms with Gasteiger partial charge in [0.25, 0.3) is 15.9 Å². The lowest BCUT2D eigenvalue weighted by Gasteiger charge is -2.22. The third kappa shape index (κ3) is 4.88. The Morgan fingerprint density at radius 2 is 1.52 bits per heavy atom. The Labute approximate surface area is 193 Å². The minimum Gasteiger partial charge on any atom is -0.495 e. The fourth-order valence-electron chi connectivity index (χ4n) is 3.30. The molecule has 174 valence electrons. The molecule has 8 nitrogen and oxygen atoms in total. The minimum atomic E-state index is -3.95. The van der Waals surface area contributed by atoms with Crippen LogP contribution in [0.3, 0.4) is 0 Å². The highest BCUT2D eigenvalue weighted by atomic mass is 32.2. The first-order valence-electron chi connectivity index (χ1n) is 9.99. The summed E-state index contributed by atoms with van der Waals surface area (Å²) < 4.78 is 43.5. The molecule has 3 aromatic carbocycles. The van der Waals surface area contributed by atoms with Crippen LogP contribution in [0.1, 0.15) is 15.9 Å². The van der Waals surface area contributed by atoms with Gasteiger partial charge in [0.1, 0.15) is 5.75 Å². The van der Waals surface area contributed by atoms with Gasteiger partial charge in [-0.3, -0.25) is 9.10 Å². The van der Waals surface area contributed by atoms with Crippen molar-refractivity contribution in [3.05, 3.63) is 71.8 Å². The number of nitrogens with one attached hydrogen (secondary N) is 1. The van der Waals surface area contributed by atoms with Crippen molar-refractivity contribution in [3.63, 3.8) is 0 Å². The van der Waals surface area contributed by atoms with Crippen LogP contribution in [0.2, 0.25) is 0 Å². The van der Waals surface area contributed by atoms with E-state index >= 15 is 0 Å². The number of sulfonamides is 1. The number of para-hydroxylation sites is 2. The summed E-state index contributed by atoms with van der Waals surface area (Å²) in [5.74, 6) is 0.958. The number of methoxy groups -OCH3 is 3. The van der Waals surface area contributed by atoms with Gasteiger partial charge in [0.2, 0.25) is 0 Å². The van der Waals surface area contributed by atoms with Gasteiger partial charge in [0.05, 0.1) is 31.9 Å². The minimum absolute atomic E-state index is 0.0148. The van der Waals surface area contributed by atoms with E-state index in [0.29, 0.717) is 34.2 Å². The molecule has 0 unspecified atom stereocenters. The highest BCUT2D eigenvalue weighted by Crippen LogP contribution is 2.32. The van der Waals surface area contributed by atoms with Gasteiger partial charge in [0.15, 0.2) is 11.5 Å². The summed E-state index contributed by atoms with van der Waals surface area (Å²) in [4.78, 5) is 13.0. The zero-order chi connectivity index (χ0) is 24.2. The number of hydrogen-bond donors (Lipinski definition) is 1. The highest BCUT2D eigenvalue weighted by molar-refractivity contribution is 7.92. The molecule has 0 saturated heterocycles. The predicted octanol–water partition coefficient (Wildman–Crippen LogP) is 4.10. The van der Waals surface area contributed by atoms with E-state index in [1.165, 1.54) is 40.5 Å². The number of carbonyl (C=O) groups excluding carboxylic acids is 1. The number of ether oxygens (including phenoxy) is 3. The first kappa shape index (κ1) is 23.9. The van der Waals surface area contributed by atoms with Crippen molar-refractivity contribution in [1.82, 2.24) is 0 Å². The van der Waals surface area contributed by atoms with Crippen LogP contribution in [0.25, 0.3) is 0 Å². The fourth-order valence-corrected chi connectivity index (χ4v) is 4.53. The van der Waals surface area contributed by atoms with Crippen LogP contribution < -0.4 is 23.8 Å². The van der Waals surface area contributed by atoms with Crippen molar-refractivity contribution in [2.45, 2.75) is 11.8 Å². The molecule has 0 atom stereocenters. The second-order valence-corrected chi connectivity index (χ2v) is 9.11. The number of anilines is 2. The summed E-state index contributed by atoms with van der Waals surface area (Å²) in [6.45, 7) is 1.74. The maximum atomic E-state index is 13.3. The normalized spacial score (nSPS) is 10.9. The van der Waals surface area contributed by atoms with Crippen LogP contribution >= 0.6 is 0 Å². The molecule has 0 aliphatic heterocycles. The molecule has 0 saturated carbocycles. The van der Waals surface area contributed by atoms with Crippen molar-refractivity contribution < 1.29 is 27.4 Å². The molecule has 0 spiro atoms. The molecule has 0 aromatic heterocycles. The Bertz CT molecular complexity index is 1270. The van der Waals surface area contributed by atoms with Crippen LogP contribution in [-0.2, 0) is 10.0 Å². The Kier molecular flexibility index (Phi) is 7.13. The lowest BCUT2D eigenvalue weighted by Crippen LogP contribution is -2.27. The van der Waals surface area contributed by atoms with Crippen molar-refractivity contribution in [2.75, 3.05) is 38.0 Å². The van der Waals surface area contributed by atoms with Crippen molar-refractivity contribution in [1.29, 1.82) is 0 Å². The van der Waals surface area contributed by atoms with Gasteiger partial charge in [-0.25, -0.2) is 8.42 Å². The number of rotatable bonds is 8. The Hall–Kier alpha value is -3.72. The molecular formula is C24H26N2O6S. The molecular weight excluding hydrogens is 444 g/mol. The van der Waals surface area contributed by atoms with Crippen LogP contribution in [0, 0.1) is 6.92 Å². The molecule has 0 aliphatic carbocycles. The van der Waals surface area contributed by atoms with Gasteiger partial charge in [0, 0.05) is 24.4 Å². The largest absolute Gasteiger partial charge is 0.495 e. The zero-order valence-electron chi connectivity index (χ0n) is 19.1. The second kappa shape index (κ2) is 9.83. The van der Waals surface area contributed by atoms with E-state index in [1.54, 1.807) is 55.5 Å². The van der Waals surface area contributed by atoms with E-state index in [0.717, 1.165) is 4.31 Å². The highest BCUT2D eigenvalue weighted by Gasteiger charge is 2.25. The number of hydrogen-bond acceptors (Lipinski definition) is 6. The third-order valence-electron chi connectivity index (χ3n) is 5.18. The zero-order valence-corrected chi connectivity index (χ0v) is 19.9. The van der Waals surface area contributed by atoms with Crippen LogP contribution in [0.15, 0.2) is 65.6 Å². The van der Waals surface area contributed by atoms with Gasteiger partial charge in [-0.1, -0.05) is 18.2 Å². The second-order valence-electron chi connectivity index (χ2n) is 7.14. The van der Waals surface area contributed by atoms with E-state index in [1.807, 2.05) is 0 Å². The quantitative estimate of drug-likeness (QED) is 0.533. The number of aryl methyl sites for hydroxylation is 1. The van der Waals surface area contributed by atoms with Gasteiger partial charge in [-0.2, -0.15) is 0 Å². The van der Waals surface area contributed by atoms with Crippen LogP contribution in [-0.4, -0.2) is 42.7 Å². The number of carbonyl (C=O) groups is 1. The molecule has 3 aromatic rings. The summed E-state index contributed by atoms with van der Waals surface area (Å²) in [5, 5.41) is 2.78. The van der Waals surface area contributed by atoms with Gasteiger partial charge >= 0.3 is 0 Å². The van der Waals surface area contributed by atoms with Crippen LogP contribution in [0.4, 0.5) is 11.4 Å². The first-order valence-corrected chi connectivity index (χ1v) is 11.4.